The molecule has 0 saturated heterocycles. The Balaban J connectivity index is 2.86. The maximum absolute atomic E-state index is 10.0. The average molecular weight is 218 g/mol. The number of nitrogens with two attached hydrogens (primary N) is 2. The molecule has 2 rings (SSSR count). The van der Waals surface area contributed by atoms with Crippen LogP contribution in [-0.2, 0) is 5.60 Å². The zero-order valence-electron chi connectivity index (χ0n) is 9.23. The van der Waals surface area contributed by atoms with Gasteiger partial charge in [-0.05, 0) is 19.9 Å². The summed E-state index contributed by atoms with van der Waals surface area (Å²) in [7, 11) is 0. The number of aromatic nitrogens is 2. The smallest absolute Gasteiger partial charge is 0.116 e. The number of nitrogen functional groups attached to an aromatic ring is 2. The number of nitrogens with zero attached hydrogens (tertiary/aromatic N) is 2. The molecule has 0 radical (unpaired) electrons. The van der Waals surface area contributed by atoms with Crippen LogP contribution in [-0.4, -0.2) is 15.1 Å². The highest BCUT2D eigenvalue weighted by Gasteiger charge is 2.24. The number of hydrogen-bond donors (Lipinski definition) is 3. The van der Waals surface area contributed by atoms with Crippen molar-refractivity contribution in [1.82, 2.24) is 9.97 Å². The lowest BCUT2D eigenvalue weighted by Gasteiger charge is -2.22. The van der Waals surface area contributed by atoms with Crippen LogP contribution in [0.5, 0.6) is 0 Å². The molecule has 0 aliphatic heterocycles. The van der Waals surface area contributed by atoms with Crippen molar-refractivity contribution < 1.29 is 5.11 Å². The number of aliphatic hydroxyl groups is 1. The topological polar surface area (TPSA) is 98.0 Å². The Labute approximate surface area is 93.1 Å². The van der Waals surface area contributed by atoms with E-state index in [-0.39, 0.29) is 0 Å². The minimum atomic E-state index is -1.09. The molecule has 0 amide bonds. The van der Waals surface area contributed by atoms with Crippen molar-refractivity contribution in [2.45, 2.75) is 19.4 Å². The van der Waals surface area contributed by atoms with Gasteiger partial charge in [0.2, 0.25) is 0 Å². The predicted octanol–water partition coefficient (Wildman–Crippen LogP) is 1.02. The predicted molar refractivity (Wildman–Crippen MR) is 63.6 cm³/mol. The Bertz CT molecular complexity index is 545. The zero-order valence-corrected chi connectivity index (χ0v) is 9.23. The highest BCUT2D eigenvalue weighted by Crippen LogP contribution is 2.35. The van der Waals surface area contributed by atoms with Gasteiger partial charge in [0.1, 0.15) is 6.33 Å². The van der Waals surface area contributed by atoms with Crippen LogP contribution in [0.15, 0.2) is 18.6 Å². The Hall–Kier alpha value is -1.88. The normalized spacial score (nSPS) is 11.9. The Morgan fingerprint density at radius 3 is 2.62 bits per heavy atom. The van der Waals surface area contributed by atoms with Gasteiger partial charge in [-0.2, -0.15) is 0 Å². The fourth-order valence-corrected chi connectivity index (χ4v) is 1.85. The Morgan fingerprint density at radius 2 is 2.00 bits per heavy atom. The molecule has 0 atom stereocenters. The Kier molecular flexibility index (Phi) is 2.20. The Morgan fingerprint density at radius 1 is 1.31 bits per heavy atom. The van der Waals surface area contributed by atoms with Crippen molar-refractivity contribution >= 4 is 22.3 Å². The third-order valence-corrected chi connectivity index (χ3v) is 2.50. The number of anilines is 2. The average Bonchev–Trinajstić information content (AvgIpc) is 2.15. The first-order chi connectivity index (χ1) is 7.41. The summed E-state index contributed by atoms with van der Waals surface area (Å²) < 4.78 is 0. The number of fused-ring (bicyclic) bond motifs is 1. The summed E-state index contributed by atoms with van der Waals surface area (Å²) in [5.74, 6) is 0. The fourth-order valence-electron chi connectivity index (χ4n) is 1.85. The third kappa shape index (κ3) is 1.55. The maximum atomic E-state index is 10.0. The monoisotopic (exact) mass is 218 g/mol. The molecule has 0 aliphatic carbocycles. The van der Waals surface area contributed by atoms with Crippen molar-refractivity contribution in [1.29, 1.82) is 0 Å². The van der Waals surface area contributed by atoms with Gasteiger partial charge in [-0.25, -0.2) is 9.97 Å². The van der Waals surface area contributed by atoms with E-state index in [9.17, 15) is 5.11 Å². The molecule has 5 N–H and O–H groups in total. The molecule has 1 aromatic carbocycles. The van der Waals surface area contributed by atoms with Crippen molar-refractivity contribution in [3.8, 4) is 0 Å². The highest BCUT2D eigenvalue weighted by atomic mass is 16.3. The largest absolute Gasteiger partial charge is 0.398 e. The molecule has 0 bridgehead atoms. The van der Waals surface area contributed by atoms with Crippen molar-refractivity contribution in [2.75, 3.05) is 11.5 Å². The van der Waals surface area contributed by atoms with Crippen LogP contribution in [0.25, 0.3) is 10.9 Å². The van der Waals surface area contributed by atoms with Gasteiger partial charge in [-0.3, -0.25) is 0 Å². The maximum Gasteiger partial charge on any atom is 0.116 e. The molecule has 2 aromatic rings. The summed E-state index contributed by atoms with van der Waals surface area (Å²) in [5.41, 5.74) is 12.9. The minimum Gasteiger partial charge on any atom is -0.398 e. The van der Waals surface area contributed by atoms with Crippen LogP contribution in [0.4, 0.5) is 11.4 Å². The summed E-state index contributed by atoms with van der Waals surface area (Å²) in [6.07, 6.45) is 3.05. The van der Waals surface area contributed by atoms with Crippen molar-refractivity contribution in [3.05, 3.63) is 24.2 Å². The van der Waals surface area contributed by atoms with E-state index in [1.807, 2.05) is 0 Å². The van der Waals surface area contributed by atoms with Gasteiger partial charge in [-0.1, -0.05) is 0 Å². The first kappa shape index (κ1) is 10.6. The zero-order chi connectivity index (χ0) is 11.9. The van der Waals surface area contributed by atoms with Crippen LogP contribution < -0.4 is 11.5 Å². The first-order valence-corrected chi connectivity index (χ1v) is 4.92. The number of hydrogen-bond acceptors (Lipinski definition) is 5. The van der Waals surface area contributed by atoms with Gasteiger partial charge in [-0.15, -0.1) is 0 Å². The van der Waals surface area contributed by atoms with Gasteiger partial charge in [0.25, 0.3) is 0 Å². The van der Waals surface area contributed by atoms with Crippen molar-refractivity contribution in [2.24, 2.45) is 0 Å². The highest BCUT2D eigenvalue weighted by molar-refractivity contribution is 5.95. The second-order valence-electron chi connectivity index (χ2n) is 4.27. The van der Waals surface area contributed by atoms with Gasteiger partial charge in [0.05, 0.1) is 16.8 Å². The van der Waals surface area contributed by atoms with E-state index in [0.29, 0.717) is 27.8 Å². The summed E-state index contributed by atoms with van der Waals surface area (Å²) in [5, 5.41) is 10.7. The molecule has 1 aromatic heterocycles. The quantitative estimate of drug-likeness (QED) is 0.621. The first-order valence-electron chi connectivity index (χ1n) is 4.92. The second-order valence-corrected chi connectivity index (χ2v) is 4.27. The van der Waals surface area contributed by atoms with Gasteiger partial charge in [0.15, 0.2) is 0 Å². The second kappa shape index (κ2) is 3.31. The van der Waals surface area contributed by atoms with Crippen molar-refractivity contribution in [3.63, 3.8) is 0 Å². The van der Waals surface area contributed by atoms with E-state index >= 15 is 0 Å². The molecule has 16 heavy (non-hydrogen) atoms. The molecule has 0 fully saturated rings. The number of benzene rings is 1. The third-order valence-electron chi connectivity index (χ3n) is 2.50. The lowest BCUT2D eigenvalue weighted by molar-refractivity contribution is 0.0803. The van der Waals surface area contributed by atoms with Gasteiger partial charge in [0, 0.05) is 22.8 Å². The molecule has 1 heterocycles. The van der Waals surface area contributed by atoms with E-state index in [2.05, 4.69) is 9.97 Å². The molecular weight excluding hydrogens is 204 g/mol. The molecular formula is C11H14N4O. The van der Waals surface area contributed by atoms with E-state index < -0.39 is 5.60 Å². The molecule has 5 nitrogen and oxygen atoms in total. The van der Waals surface area contributed by atoms with Gasteiger partial charge >= 0.3 is 0 Å². The summed E-state index contributed by atoms with van der Waals surface area (Å²) in [4.78, 5) is 7.99. The number of rotatable bonds is 1. The van der Waals surface area contributed by atoms with Crippen LogP contribution in [0.2, 0.25) is 0 Å². The molecule has 0 saturated carbocycles. The lowest BCUT2D eigenvalue weighted by atomic mass is 9.93. The van der Waals surface area contributed by atoms with E-state index in [4.69, 9.17) is 11.5 Å². The van der Waals surface area contributed by atoms with Crippen LogP contribution in [0.1, 0.15) is 19.4 Å². The van der Waals surface area contributed by atoms with Crippen LogP contribution in [0, 0.1) is 0 Å². The molecule has 5 heteroatoms. The molecule has 0 aliphatic rings. The lowest BCUT2D eigenvalue weighted by Crippen LogP contribution is -2.20. The summed E-state index contributed by atoms with van der Waals surface area (Å²) >= 11 is 0. The fraction of sp³-hybridized carbons (Fsp3) is 0.273. The van der Waals surface area contributed by atoms with E-state index in [0.717, 1.165) is 0 Å². The summed E-state index contributed by atoms with van der Waals surface area (Å²) in [6.45, 7) is 3.29. The molecule has 84 valence electrons. The summed E-state index contributed by atoms with van der Waals surface area (Å²) in [6, 6.07) is 1.70. The standard InChI is InChI=1S/C11H14N4O/c1-11(2,16)9-7(12)3-8-6(10(9)13)4-14-5-15-8/h3-5,16H,12-13H2,1-2H3. The van der Waals surface area contributed by atoms with Crippen LogP contribution >= 0.6 is 0 Å². The molecule has 0 unspecified atom stereocenters. The SMILES string of the molecule is CC(C)(O)c1c(N)cc2ncncc2c1N. The van der Waals surface area contributed by atoms with Gasteiger partial charge < -0.3 is 16.6 Å². The minimum absolute atomic E-state index is 0.433. The van der Waals surface area contributed by atoms with Crippen LogP contribution in [0.3, 0.4) is 0 Å². The molecule has 0 spiro atoms. The van der Waals surface area contributed by atoms with E-state index in [1.165, 1.54) is 6.33 Å². The van der Waals surface area contributed by atoms with E-state index in [1.54, 1.807) is 26.1 Å².